The minimum atomic E-state index is -0.0873. The Hall–Kier alpha value is -3.28. The molecule has 0 radical (unpaired) electrons. The van der Waals surface area contributed by atoms with E-state index in [-0.39, 0.29) is 12.0 Å². The standard InChI is InChI=1S/C20H18N4O2/c1-24(12-18-7-14-4-2-3-5-19(14)26-18)20(25)16-6-15(8-21-9-16)17-10-22-13-23-11-17/h2-6,8-11,13,18H,7,12H2,1H3/t18-/m1/s1. The Kier molecular flexibility index (Phi) is 4.31. The number of ether oxygens (including phenoxy) is 1. The lowest BCUT2D eigenvalue weighted by Gasteiger charge is -2.21. The molecule has 3 aromatic rings. The maximum Gasteiger partial charge on any atom is 0.255 e. The fourth-order valence-electron chi connectivity index (χ4n) is 3.13. The van der Waals surface area contributed by atoms with Crippen LogP contribution in [0.2, 0.25) is 0 Å². The molecular weight excluding hydrogens is 328 g/mol. The maximum atomic E-state index is 12.8. The van der Waals surface area contributed by atoms with E-state index < -0.39 is 0 Å². The molecule has 26 heavy (non-hydrogen) atoms. The largest absolute Gasteiger partial charge is 0.488 e. The zero-order valence-corrected chi connectivity index (χ0v) is 14.4. The van der Waals surface area contributed by atoms with E-state index in [1.54, 1.807) is 36.7 Å². The summed E-state index contributed by atoms with van der Waals surface area (Å²) in [6, 6.07) is 9.80. The molecular formula is C20H18N4O2. The van der Waals surface area contributed by atoms with Gasteiger partial charge in [0.1, 0.15) is 18.2 Å². The zero-order valence-electron chi connectivity index (χ0n) is 14.4. The van der Waals surface area contributed by atoms with E-state index in [9.17, 15) is 4.79 Å². The van der Waals surface area contributed by atoms with Crippen LogP contribution in [0.1, 0.15) is 15.9 Å². The number of hydrogen-bond acceptors (Lipinski definition) is 5. The number of nitrogens with zero attached hydrogens (tertiary/aromatic N) is 4. The highest BCUT2D eigenvalue weighted by molar-refractivity contribution is 5.94. The van der Waals surface area contributed by atoms with Gasteiger partial charge in [-0.3, -0.25) is 9.78 Å². The highest BCUT2D eigenvalue weighted by Crippen LogP contribution is 2.28. The number of aromatic nitrogens is 3. The molecule has 130 valence electrons. The molecule has 0 aliphatic carbocycles. The summed E-state index contributed by atoms with van der Waals surface area (Å²) in [5.74, 6) is 0.821. The summed E-state index contributed by atoms with van der Waals surface area (Å²) in [6.07, 6.45) is 8.94. The predicted octanol–water partition coefficient (Wildman–Crippen LogP) is 2.61. The number of hydrogen-bond donors (Lipinski definition) is 0. The van der Waals surface area contributed by atoms with Gasteiger partial charge in [0.25, 0.3) is 5.91 Å². The Bertz CT molecular complexity index is 905. The molecule has 0 saturated heterocycles. The van der Waals surface area contributed by atoms with E-state index in [1.165, 1.54) is 11.9 Å². The lowest BCUT2D eigenvalue weighted by molar-refractivity contribution is 0.0730. The first-order valence-electron chi connectivity index (χ1n) is 8.41. The van der Waals surface area contributed by atoms with Crippen molar-refractivity contribution in [3.63, 3.8) is 0 Å². The molecule has 1 aliphatic heterocycles. The third-order valence-electron chi connectivity index (χ3n) is 4.42. The minimum Gasteiger partial charge on any atom is -0.488 e. The Morgan fingerprint density at radius 3 is 2.69 bits per heavy atom. The third kappa shape index (κ3) is 3.26. The lowest BCUT2D eigenvalue weighted by atomic mass is 10.1. The monoisotopic (exact) mass is 346 g/mol. The number of carbonyl (C=O) groups excluding carboxylic acids is 1. The molecule has 3 heterocycles. The van der Waals surface area contributed by atoms with E-state index in [4.69, 9.17) is 4.74 Å². The number of amides is 1. The van der Waals surface area contributed by atoms with Crippen LogP contribution in [-0.4, -0.2) is 45.5 Å². The lowest BCUT2D eigenvalue weighted by Crippen LogP contribution is -2.36. The van der Waals surface area contributed by atoms with Crippen LogP contribution < -0.4 is 4.74 Å². The van der Waals surface area contributed by atoms with Crippen LogP contribution in [0.3, 0.4) is 0 Å². The quantitative estimate of drug-likeness (QED) is 0.726. The molecule has 6 heteroatoms. The fourth-order valence-corrected chi connectivity index (χ4v) is 3.13. The van der Waals surface area contributed by atoms with E-state index >= 15 is 0 Å². The van der Waals surface area contributed by atoms with Gasteiger partial charge in [-0.15, -0.1) is 0 Å². The van der Waals surface area contributed by atoms with Crippen molar-refractivity contribution in [2.75, 3.05) is 13.6 Å². The molecule has 1 atom stereocenters. The molecule has 1 amide bonds. The summed E-state index contributed by atoms with van der Waals surface area (Å²) in [5, 5.41) is 0. The Morgan fingerprint density at radius 2 is 1.88 bits per heavy atom. The number of para-hydroxylation sites is 1. The predicted molar refractivity (Wildman–Crippen MR) is 96.8 cm³/mol. The van der Waals surface area contributed by atoms with Gasteiger partial charge in [-0.25, -0.2) is 9.97 Å². The van der Waals surface area contributed by atoms with Crippen molar-refractivity contribution >= 4 is 5.91 Å². The number of carbonyl (C=O) groups is 1. The van der Waals surface area contributed by atoms with Crippen LogP contribution in [0.25, 0.3) is 11.1 Å². The van der Waals surface area contributed by atoms with E-state index in [0.29, 0.717) is 12.1 Å². The molecule has 0 fully saturated rings. The number of benzene rings is 1. The number of rotatable bonds is 4. The molecule has 0 bridgehead atoms. The van der Waals surface area contributed by atoms with Crippen LogP contribution in [0.15, 0.2) is 61.4 Å². The summed E-state index contributed by atoms with van der Waals surface area (Å²) in [7, 11) is 1.78. The van der Waals surface area contributed by atoms with Gasteiger partial charge < -0.3 is 9.64 Å². The normalized spacial score (nSPS) is 15.2. The van der Waals surface area contributed by atoms with Crippen molar-refractivity contribution in [3.05, 3.63) is 72.6 Å². The molecule has 0 spiro atoms. The van der Waals surface area contributed by atoms with Gasteiger partial charge in [-0.1, -0.05) is 18.2 Å². The van der Waals surface area contributed by atoms with Crippen molar-refractivity contribution in [2.24, 2.45) is 0 Å². The van der Waals surface area contributed by atoms with Gasteiger partial charge in [0.2, 0.25) is 0 Å². The summed E-state index contributed by atoms with van der Waals surface area (Å²) in [6.45, 7) is 0.520. The van der Waals surface area contributed by atoms with Crippen LogP contribution in [0.4, 0.5) is 0 Å². The second-order valence-corrected chi connectivity index (χ2v) is 6.33. The molecule has 0 unspecified atom stereocenters. The molecule has 1 aromatic carbocycles. The average molecular weight is 346 g/mol. The minimum absolute atomic E-state index is 0.0278. The topological polar surface area (TPSA) is 68.2 Å². The summed E-state index contributed by atoms with van der Waals surface area (Å²) < 4.78 is 5.93. The zero-order chi connectivity index (χ0) is 17.9. The van der Waals surface area contributed by atoms with Crippen LogP contribution in [-0.2, 0) is 6.42 Å². The van der Waals surface area contributed by atoms with Crippen molar-refractivity contribution in [3.8, 4) is 16.9 Å². The Balaban J connectivity index is 1.46. The third-order valence-corrected chi connectivity index (χ3v) is 4.42. The van der Waals surface area contributed by atoms with Crippen molar-refractivity contribution in [1.29, 1.82) is 0 Å². The number of pyridine rings is 1. The highest BCUT2D eigenvalue weighted by atomic mass is 16.5. The average Bonchev–Trinajstić information content (AvgIpc) is 3.10. The van der Waals surface area contributed by atoms with E-state index in [2.05, 4.69) is 21.0 Å². The first-order chi connectivity index (χ1) is 12.7. The first-order valence-corrected chi connectivity index (χ1v) is 8.41. The van der Waals surface area contributed by atoms with Gasteiger partial charge in [0.15, 0.2) is 0 Å². The second kappa shape index (κ2) is 6.92. The molecule has 0 saturated carbocycles. The Morgan fingerprint density at radius 1 is 1.12 bits per heavy atom. The van der Waals surface area contributed by atoms with Crippen molar-refractivity contribution < 1.29 is 9.53 Å². The smallest absolute Gasteiger partial charge is 0.255 e. The van der Waals surface area contributed by atoms with Gasteiger partial charge in [-0.2, -0.15) is 0 Å². The molecule has 2 aromatic heterocycles. The first kappa shape index (κ1) is 16.2. The number of fused-ring (bicyclic) bond motifs is 1. The molecule has 1 aliphatic rings. The second-order valence-electron chi connectivity index (χ2n) is 6.33. The van der Waals surface area contributed by atoms with Gasteiger partial charge >= 0.3 is 0 Å². The van der Waals surface area contributed by atoms with Gasteiger partial charge in [0.05, 0.1) is 12.1 Å². The van der Waals surface area contributed by atoms with Crippen LogP contribution >= 0.6 is 0 Å². The summed E-state index contributed by atoms with van der Waals surface area (Å²) in [5.41, 5.74) is 3.36. The SMILES string of the molecule is CN(C[C@H]1Cc2ccccc2O1)C(=O)c1cncc(-c2cncnc2)c1. The summed E-state index contributed by atoms with van der Waals surface area (Å²) >= 11 is 0. The van der Waals surface area contributed by atoms with Crippen LogP contribution in [0.5, 0.6) is 5.75 Å². The van der Waals surface area contributed by atoms with Crippen LogP contribution in [0, 0.1) is 0 Å². The van der Waals surface area contributed by atoms with Crippen molar-refractivity contribution in [2.45, 2.75) is 12.5 Å². The summed E-state index contributed by atoms with van der Waals surface area (Å²) in [4.78, 5) is 26.7. The van der Waals surface area contributed by atoms with Gasteiger partial charge in [0, 0.05) is 49.4 Å². The molecule has 0 N–H and O–H groups in total. The van der Waals surface area contributed by atoms with E-state index in [0.717, 1.165) is 23.3 Å². The van der Waals surface area contributed by atoms with Gasteiger partial charge in [-0.05, 0) is 17.7 Å². The maximum absolute atomic E-state index is 12.8. The molecule has 6 nitrogen and oxygen atoms in total. The number of likely N-dealkylation sites (N-methyl/N-ethyl adjacent to an activating group) is 1. The molecule has 4 rings (SSSR count). The fraction of sp³-hybridized carbons (Fsp3) is 0.200. The van der Waals surface area contributed by atoms with Crippen molar-refractivity contribution in [1.82, 2.24) is 19.9 Å². The Labute approximate surface area is 151 Å². The van der Waals surface area contributed by atoms with E-state index in [1.807, 2.05) is 24.3 Å². The highest BCUT2D eigenvalue weighted by Gasteiger charge is 2.25.